The average Bonchev–Trinajstić information content (AvgIpc) is 2.69. The highest BCUT2D eigenvalue weighted by atomic mass is 16.2. The van der Waals surface area contributed by atoms with Crippen LogP contribution in [0.5, 0.6) is 0 Å². The molecule has 1 amide bonds. The molecule has 0 atom stereocenters. The van der Waals surface area contributed by atoms with Crippen LogP contribution in [0.15, 0.2) is 23.1 Å². The van der Waals surface area contributed by atoms with Crippen LogP contribution in [-0.4, -0.2) is 38.1 Å². The van der Waals surface area contributed by atoms with E-state index >= 15 is 0 Å². The first kappa shape index (κ1) is 12.3. The van der Waals surface area contributed by atoms with Crippen LogP contribution in [0.4, 0.5) is 0 Å². The van der Waals surface area contributed by atoms with Crippen molar-refractivity contribution in [2.45, 2.75) is 13.8 Å². The van der Waals surface area contributed by atoms with Gasteiger partial charge in [-0.15, -0.1) is 0 Å². The summed E-state index contributed by atoms with van der Waals surface area (Å²) in [5, 5.41) is 0. The fourth-order valence-corrected chi connectivity index (χ4v) is 2.01. The Hall–Kier alpha value is -2.11. The van der Waals surface area contributed by atoms with Crippen LogP contribution in [0.3, 0.4) is 0 Å². The molecule has 0 fully saturated rings. The highest BCUT2D eigenvalue weighted by molar-refractivity contribution is 5.93. The summed E-state index contributed by atoms with van der Waals surface area (Å²) in [6, 6.07) is 3.01. The number of hydrogen-bond donors (Lipinski definition) is 0. The van der Waals surface area contributed by atoms with Gasteiger partial charge in [-0.2, -0.15) is 4.52 Å². The van der Waals surface area contributed by atoms with E-state index in [1.54, 1.807) is 22.7 Å². The number of amides is 1. The minimum Gasteiger partial charge on any atom is -0.338 e. The fourth-order valence-electron chi connectivity index (χ4n) is 2.01. The van der Waals surface area contributed by atoms with E-state index in [0.29, 0.717) is 24.4 Å². The number of aromatic nitrogens is 3. The third-order valence-corrected chi connectivity index (χ3v) is 3.03. The van der Waals surface area contributed by atoms with Crippen LogP contribution in [0.2, 0.25) is 0 Å². The van der Waals surface area contributed by atoms with Crippen LogP contribution in [0, 0.1) is 0 Å². The van der Waals surface area contributed by atoms with E-state index in [1.807, 2.05) is 13.8 Å². The molecule has 0 saturated carbocycles. The van der Waals surface area contributed by atoms with Crippen molar-refractivity contribution in [1.29, 1.82) is 0 Å². The van der Waals surface area contributed by atoms with E-state index in [2.05, 4.69) is 4.98 Å². The Labute approximate surface area is 104 Å². The molecule has 0 radical (unpaired) electrons. The maximum atomic E-state index is 12.3. The zero-order chi connectivity index (χ0) is 13.3. The summed E-state index contributed by atoms with van der Waals surface area (Å²) >= 11 is 0. The Morgan fingerprint density at radius 1 is 1.39 bits per heavy atom. The molecule has 2 aromatic rings. The second-order valence-electron chi connectivity index (χ2n) is 3.98. The van der Waals surface area contributed by atoms with Gasteiger partial charge in [0.05, 0.1) is 0 Å². The number of nitrogens with zero attached hydrogens (tertiary/aromatic N) is 4. The van der Waals surface area contributed by atoms with Crippen molar-refractivity contribution in [1.82, 2.24) is 19.1 Å². The number of aryl methyl sites for hydroxylation is 1. The molecule has 0 saturated heterocycles. The van der Waals surface area contributed by atoms with Crippen LogP contribution < -0.4 is 5.56 Å². The van der Waals surface area contributed by atoms with E-state index in [4.69, 9.17) is 0 Å². The molecule has 2 heterocycles. The lowest BCUT2D eigenvalue weighted by molar-refractivity contribution is 0.0761. The molecule has 6 heteroatoms. The molecular formula is C12H16N4O2. The van der Waals surface area contributed by atoms with E-state index < -0.39 is 0 Å². The van der Waals surface area contributed by atoms with Crippen molar-refractivity contribution in [2.75, 3.05) is 13.1 Å². The Balaban J connectivity index is 2.59. The largest absolute Gasteiger partial charge is 0.338 e. The molecular weight excluding hydrogens is 232 g/mol. The highest BCUT2D eigenvalue weighted by Gasteiger charge is 2.18. The lowest BCUT2D eigenvalue weighted by Crippen LogP contribution is -2.32. The first-order chi connectivity index (χ1) is 8.60. The van der Waals surface area contributed by atoms with Crippen LogP contribution in [0.25, 0.3) is 5.65 Å². The maximum Gasteiger partial charge on any atom is 0.272 e. The first-order valence-electron chi connectivity index (χ1n) is 5.93. The quantitative estimate of drug-likeness (QED) is 0.795. The third-order valence-electron chi connectivity index (χ3n) is 3.03. The van der Waals surface area contributed by atoms with E-state index in [9.17, 15) is 9.59 Å². The molecule has 0 aliphatic rings. The molecule has 0 bridgehead atoms. The standard InChI is InChI=1S/C12H16N4O2/c1-4-15(5-2)12(18)9-8-10-13-7-6-11(17)16(10)14(9)3/h6-8H,4-5H2,1-3H3. The summed E-state index contributed by atoms with van der Waals surface area (Å²) in [5.41, 5.74) is 0.760. The molecule has 0 spiro atoms. The van der Waals surface area contributed by atoms with Crippen molar-refractivity contribution in [3.8, 4) is 0 Å². The minimum atomic E-state index is -0.193. The average molecular weight is 248 g/mol. The van der Waals surface area contributed by atoms with Crippen LogP contribution >= 0.6 is 0 Å². The predicted octanol–water partition coefficient (Wildman–Crippen LogP) is 0.515. The van der Waals surface area contributed by atoms with Gasteiger partial charge in [0.15, 0.2) is 5.65 Å². The highest BCUT2D eigenvalue weighted by Crippen LogP contribution is 2.08. The van der Waals surface area contributed by atoms with Gasteiger partial charge in [0, 0.05) is 38.5 Å². The summed E-state index contributed by atoms with van der Waals surface area (Å²) in [5.74, 6) is -0.0904. The Morgan fingerprint density at radius 3 is 2.61 bits per heavy atom. The minimum absolute atomic E-state index is 0.0904. The SMILES string of the molecule is CCN(CC)C(=O)c1cc2nccc(=O)n2n1C. The molecule has 0 aliphatic carbocycles. The molecule has 96 valence electrons. The van der Waals surface area contributed by atoms with Gasteiger partial charge in [-0.1, -0.05) is 0 Å². The van der Waals surface area contributed by atoms with Gasteiger partial charge in [0.1, 0.15) is 5.69 Å². The van der Waals surface area contributed by atoms with Crippen molar-refractivity contribution >= 4 is 11.6 Å². The monoisotopic (exact) mass is 248 g/mol. The number of fused-ring (bicyclic) bond motifs is 1. The topological polar surface area (TPSA) is 59.6 Å². The number of rotatable bonds is 3. The molecule has 0 N–H and O–H groups in total. The summed E-state index contributed by atoms with van der Waals surface area (Å²) in [7, 11) is 1.69. The zero-order valence-electron chi connectivity index (χ0n) is 10.8. The van der Waals surface area contributed by atoms with Crippen molar-refractivity contribution in [3.63, 3.8) is 0 Å². The summed E-state index contributed by atoms with van der Waals surface area (Å²) in [6.07, 6.45) is 1.45. The van der Waals surface area contributed by atoms with Gasteiger partial charge in [-0.25, -0.2) is 4.98 Å². The van der Waals surface area contributed by atoms with Gasteiger partial charge in [-0.05, 0) is 13.8 Å². The Kier molecular flexibility index (Phi) is 3.18. The van der Waals surface area contributed by atoms with Crippen molar-refractivity contribution < 1.29 is 4.79 Å². The Morgan fingerprint density at radius 2 is 2.06 bits per heavy atom. The van der Waals surface area contributed by atoms with Gasteiger partial charge in [0.25, 0.3) is 11.5 Å². The second-order valence-corrected chi connectivity index (χ2v) is 3.98. The van der Waals surface area contributed by atoms with E-state index in [-0.39, 0.29) is 11.5 Å². The van der Waals surface area contributed by atoms with Crippen LogP contribution in [0.1, 0.15) is 24.3 Å². The molecule has 0 unspecified atom stereocenters. The van der Waals surface area contributed by atoms with E-state index in [1.165, 1.54) is 16.8 Å². The lowest BCUT2D eigenvalue weighted by Gasteiger charge is -2.18. The molecule has 18 heavy (non-hydrogen) atoms. The summed E-state index contributed by atoms with van der Waals surface area (Å²) in [4.78, 5) is 29.8. The first-order valence-corrected chi connectivity index (χ1v) is 5.93. The van der Waals surface area contributed by atoms with Crippen molar-refractivity contribution in [3.05, 3.63) is 34.4 Å². The predicted molar refractivity (Wildman–Crippen MR) is 67.7 cm³/mol. The molecule has 0 aromatic carbocycles. The number of carbonyl (C=O) groups is 1. The van der Waals surface area contributed by atoms with Gasteiger partial charge in [0.2, 0.25) is 0 Å². The molecule has 2 aromatic heterocycles. The number of hydrogen-bond acceptors (Lipinski definition) is 3. The van der Waals surface area contributed by atoms with Crippen LogP contribution in [-0.2, 0) is 7.05 Å². The smallest absolute Gasteiger partial charge is 0.272 e. The van der Waals surface area contributed by atoms with Gasteiger partial charge < -0.3 is 4.90 Å². The normalized spacial score (nSPS) is 10.8. The summed E-state index contributed by atoms with van der Waals surface area (Å²) < 4.78 is 2.93. The number of carbonyl (C=O) groups excluding carboxylic acids is 1. The van der Waals surface area contributed by atoms with E-state index in [0.717, 1.165) is 0 Å². The molecule has 6 nitrogen and oxygen atoms in total. The van der Waals surface area contributed by atoms with Gasteiger partial charge >= 0.3 is 0 Å². The zero-order valence-corrected chi connectivity index (χ0v) is 10.8. The van der Waals surface area contributed by atoms with Gasteiger partial charge in [-0.3, -0.25) is 14.3 Å². The lowest BCUT2D eigenvalue weighted by atomic mass is 10.3. The molecule has 2 rings (SSSR count). The molecule has 0 aliphatic heterocycles. The van der Waals surface area contributed by atoms with Crippen molar-refractivity contribution in [2.24, 2.45) is 7.05 Å². The Bertz CT molecular complexity index is 637. The third kappa shape index (κ3) is 1.79. The maximum absolute atomic E-state index is 12.3. The fraction of sp³-hybridized carbons (Fsp3) is 0.417. The second kappa shape index (κ2) is 4.64. The summed E-state index contributed by atoms with van der Waals surface area (Å²) in [6.45, 7) is 5.13.